The van der Waals surface area contributed by atoms with Crippen molar-refractivity contribution in [3.63, 3.8) is 0 Å². The average molecular weight is 190 g/mol. The van der Waals surface area contributed by atoms with Crippen LogP contribution in [0.2, 0.25) is 0 Å². The molecule has 3 nitrogen and oxygen atoms in total. The lowest BCUT2D eigenvalue weighted by Crippen LogP contribution is -2.25. The zero-order valence-electron chi connectivity index (χ0n) is 8.23. The highest BCUT2D eigenvalue weighted by Crippen LogP contribution is 2.37. The number of para-hydroxylation sites is 1. The summed E-state index contributed by atoms with van der Waals surface area (Å²) in [5.74, 6) is 0.137. The third kappa shape index (κ3) is 1.21. The second kappa shape index (κ2) is 3.42. The number of nitrogens with two attached hydrogens (primary N) is 1. The molecular weight excluding hydrogens is 176 g/mol. The first kappa shape index (κ1) is 9.21. The van der Waals surface area contributed by atoms with E-state index in [0.29, 0.717) is 6.54 Å². The lowest BCUT2D eigenvalue weighted by atomic mass is 9.97. The number of rotatable bonds is 2. The van der Waals surface area contributed by atoms with Crippen molar-refractivity contribution in [1.29, 1.82) is 0 Å². The summed E-state index contributed by atoms with van der Waals surface area (Å²) >= 11 is 0. The molecule has 1 aromatic rings. The monoisotopic (exact) mass is 190 g/mol. The molecule has 1 aliphatic rings. The molecule has 1 heterocycles. The number of amides is 1. The molecule has 74 valence electrons. The van der Waals surface area contributed by atoms with Crippen LogP contribution in [0.3, 0.4) is 0 Å². The maximum atomic E-state index is 11.8. The smallest absolute Gasteiger partial charge is 0.234 e. The molecular formula is C11H14N2O. The van der Waals surface area contributed by atoms with Gasteiger partial charge in [0, 0.05) is 12.7 Å². The van der Waals surface area contributed by atoms with Crippen molar-refractivity contribution >= 4 is 11.6 Å². The zero-order chi connectivity index (χ0) is 10.1. The third-order valence-electron chi connectivity index (χ3n) is 2.76. The van der Waals surface area contributed by atoms with Crippen molar-refractivity contribution in [2.45, 2.75) is 12.3 Å². The Hall–Kier alpha value is -1.35. The van der Waals surface area contributed by atoms with Gasteiger partial charge in [-0.15, -0.1) is 0 Å². The van der Waals surface area contributed by atoms with E-state index in [4.69, 9.17) is 5.73 Å². The van der Waals surface area contributed by atoms with E-state index in [1.807, 2.05) is 31.3 Å². The SMILES string of the molecule is CN1C(=O)[C@H](CCN)c2ccccc21. The van der Waals surface area contributed by atoms with Crippen LogP contribution in [0.15, 0.2) is 24.3 Å². The molecule has 1 amide bonds. The molecule has 0 bridgehead atoms. The van der Waals surface area contributed by atoms with Crippen LogP contribution >= 0.6 is 0 Å². The molecule has 0 unspecified atom stereocenters. The zero-order valence-corrected chi connectivity index (χ0v) is 8.23. The van der Waals surface area contributed by atoms with Crippen molar-refractivity contribution < 1.29 is 4.79 Å². The fourth-order valence-corrected chi connectivity index (χ4v) is 2.02. The number of hydrogen-bond donors (Lipinski definition) is 1. The molecule has 1 aliphatic heterocycles. The van der Waals surface area contributed by atoms with Crippen LogP contribution in [0, 0.1) is 0 Å². The summed E-state index contributed by atoms with van der Waals surface area (Å²) in [4.78, 5) is 13.5. The Morgan fingerprint density at radius 3 is 2.86 bits per heavy atom. The van der Waals surface area contributed by atoms with Crippen LogP contribution in [-0.4, -0.2) is 19.5 Å². The van der Waals surface area contributed by atoms with Gasteiger partial charge in [-0.1, -0.05) is 18.2 Å². The molecule has 1 aromatic carbocycles. The summed E-state index contributed by atoms with van der Waals surface area (Å²) in [5.41, 5.74) is 7.64. The van der Waals surface area contributed by atoms with E-state index in [-0.39, 0.29) is 11.8 Å². The number of likely N-dealkylation sites (N-methyl/N-ethyl adjacent to an activating group) is 1. The first-order valence-electron chi connectivity index (χ1n) is 4.82. The number of hydrogen-bond acceptors (Lipinski definition) is 2. The minimum Gasteiger partial charge on any atom is -0.330 e. The molecule has 1 atom stereocenters. The highest BCUT2D eigenvalue weighted by Gasteiger charge is 2.33. The van der Waals surface area contributed by atoms with Gasteiger partial charge < -0.3 is 10.6 Å². The first-order chi connectivity index (χ1) is 6.75. The Balaban J connectivity index is 2.42. The van der Waals surface area contributed by atoms with Crippen molar-refractivity contribution in [2.24, 2.45) is 5.73 Å². The van der Waals surface area contributed by atoms with Crippen LogP contribution < -0.4 is 10.6 Å². The Bertz CT molecular complexity index is 362. The van der Waals surface area contributed by atoms with Crippen molar-refractivity contribution in [2.75, 3.05) is 18.5 Å². The second-order valence-electron chi connectivity index (χ2n) is 3.59. The van der Waals surface area contributed by atoms with Crippen molar-refractivity contribution in [1.82, 2.24) is 0 Å². The van der Waals surface area contributed by atoms with Crippen LogP contribution in [-0.2, 0) is 4.79 Å². The Kier molecular flexibility index (Phi) is 2.25. The van der Waals surface area contributed by atoms with Gasteiger partial charge in [-0.3, -0.25) is 4.79 Å². The average Bonchev–Trinajstić information content (AvgIpc) is 2.45. The fourth-order valence-electron chi connectivity index (χ4n) is 2.02. The van der Waals surface area contributed by atoms with Gasteiger partial charge in [0.1, 0.15) is 0 Å². The molecule has 0 aromatic heterocycles. The maximum absolute atomic E-state index is 11.8. The van der Waals surface area contributed by atoms with E-state index in [9.17, 15) is 4.79 Å². The molecule has 14 heavy (non-hydrogen) atoms. The standard InChI is InChI=1S/C11H14N2O/c1-13-10-5-3-2-4-8(10)9(6-7-12)11(13)14/h2-5,9H,6-7,12H2,1H3/t9-/m1/s1. The highest BCUT2D eigenvalue weighted by atomic mass is 16.2. The van der Waals surface area contributed by atoms with E-state index in [2.05, 4.69) is 0 Å². The summed E-state index contributed by atoms with van der Waals surface area (Å²) in [6.07, 6.45) is 0.736. The Morgan fingerprint density at radius 1 is 1.43 bits per heavy atom. The van der Waals surface area contributed by atoms with Crippen LogP contribution in [0.5, 0.6) is 0 Å². The van der Waals surface area contributed by atoms with Gasteiger partial charge in [0.25, 0.3) is 0 Å². The summed E-state index contributed by atoms with van der Waals surface area (Å²) in [6, 6.07) is 7.91. The summed E-state index contributed by atoms with van der Waals surface area (Å²) < 4.78 is 0. The van der Waals surface area contributed by atoms with Crippen molar-refractivity contribution in [3.8, 4) is 0 Å². The van der Waals surface area contributed by atoms with Gasteiger partial charge in [-0.25, -0.2) is 0 Å². The lowest BCUT2D eigenvalue weighted by Gasteiger charge is -2.09. The van der Waals surface area contributed by atoms with Gasteiger partial charge in [-0.05, 0) is 24.6 Å². The Labute approximate surface area is 83.5 Å². The molecule has 0 aliphatic carbocycles. The van der Waals surface area contributed by atoms with Crippen LogP contribution in [0.1, 0.15) is 17.9 Å². The quantitative estimate of drug-likeness (QED) is 0.759. The van der Waals surface area contributed by atoms with E-state index < -0.39 is 0 Å². The van der Waals surface area contributed by atoms with Gasteiger partial charge in [-0.2, -0.15) is 0 Å². The highest BCUT2D eigenvalue weighted by molar-refractivity contribution is 6.04. The van der Waals surface area contributed by atoms with Gasteiger partial charge >= 0.3 is 0 Å². The number of nitrogens with zero attached hydrogens (tertiary/aromatic N) is 1. The summed E-state index contributed by atoms with van der Waals surface area (Å²) in [6.45, 7) is 0.554. The van der Waals surface area contributed by atoms with E-state index >= 15 is 0 Å². The molecule has 2 N–H and O–H groups in total. The van der Waals surface area contributed by atoms with Gasteiger partial charge in [0.2, 0.25) is 5.91 Å². The fraction of sp³-hybridized carbons (Fsp3) is 0.364. The molecule has 0 radical (unpaired) electrons. The molecule has 0 saturated carbocycles. The summed E-state index contributed by atoms with van der Waals surface area (Å²) in [5, 5.41) is 0. The predicted molar refractivity (Wildman–Crippen MR) is 56.3 cm³/mol. The minimum absolute atomic E-state index is 0.0267. The maximum Gasteiger partial charge on any atom is 0.234 e. The van der Waals surface area contributed by atoms with E-state index in [0.717, 1.165) is 17.7 Å². The normalized spacial score (nSPS) is 20.0. The number of carbonyl (C=O) groups excluding carboxylic acids is 1. The van der Waals surface area contributed by atoms with Crippen molar-refractivity contribution in [3.05, 3.63) is 29.8 Å². The predicted octanol–water partition coefficient (Wildman–Crippen LogP) is 1.10. The third-order valence-corrected chi connectivity index (χ3v) is 2.76. The number of benzene rings is 1. The largest absolute Gasteiger partial charge is 0.330 e. The molecule has 0 fully saturated rings. The molecule has 0 spiro atoms. The van der Waals surface area contributed by atoms with Crippen LogP contribution in [0.4, 0.5) is 5.69 Å². The Morgan fingerprint density at radius 2 is 2.14 bits per heavy atom. The van der Waals surface area contributed by atoms with Crippen LogP contribution in [0.25, 0.3) is 0 Å². The first-order valence-corrected chi connectivity index (χ1v) is 4.82. The second-order valence-corrected chi connectivity index (χ2v) is 3.59. The molecule has 0 saturated heterocycles. The summed E-state index contributed by atoms with van der Waals surface area (Å²) in [7, 11) is 1.82. The number of carbonyl (C=O) groups is 1. The van der Waals surface area contributed by atoms with E-state index in [1.165, 1.54) is 0 Å². The number of fused-ring (bicyclic) bond motifs is 1. The molecule has 2 rings (SSSR count). The number of anilines is 1. The van der Waals surface area contributed by atoms with Gasteiger partial charge in [0.05, 0.1) is 5.92 Å². The topological polar surface area (TPSA) is 46.3 Å². The van der Waals surface area contributed by atoms with Gasteiger partial charge in [0.15, 0.2) is 0 Å². The van der Waals surface area contributed by atoms with E-state index in [1.54, 1.807) is 4.90 Å². The molecule has 3 heteroatoms. The minimum atomic E-state index is -0.0267. The lowest BCUT2D eigenvalue weighted by molar-refractivity contribution is -0.119.